The van der Waals surface area contributed by atoms with E-state index in [1.165, 1.54) is 0 Å². The molecular weight excluding hydrogens is 307 g/mol. The van der Waals surface area contributed by atoms with Gasteiger partial charge in [-0.25, -0.2) is 4.79 Å². The molecule has 0 aliphatic rings. The van der Waals surface area contributed by atoms with Gasteiger partial charge in [-0.3, -0.25) is 0 Å². The Kier molecular flexibility index (Phi) is 5.45. The molecular formula is C11H13IO3. The van der Waals surface area contributed by atoms with Crippen molar-refractivity contribution in [3.8, 4) is 5.75 Å². The zero-order valence-corrected chi connectivity index (χ0v) is 10.7. The third-order valence-electron chi connectivity index (χ3n) is 1.84. The molecule has 0 saturated carbocycles. The smallest absolute Gasteiger partial charge is 0.338 e. The van der Waals surface area contributed by atoms with Crippen LogP contribution in [-0.4, -0.2) is 24.1 Å². The van der Waals surface area contributed by atoms with E-state index in [0.29, 0.717) is 12.2 Å². The summed E-state index contributed by atoms with van der Waals surface area (Å²) in [6.45, 7) is 0.480. The van der Waals surface area contributed by atoms with E-state index in [9.17, 15) is 4.79 Å². The average molecular weight is 320 g/mol. The topological polar surface area (TPSA) is 35.5 Å². The second-order valence-electron chi connectivity index (χ2n) is 2.91. The summed E-state index contributed by atoms with van der Waals surface area (Å²) in [7, 11) is 1.59. The monoisotopic (exact) mass is 320 g/mol. The van der Waals surface area contributed by atoms with Crippen LogP contribution in [0.25, 0.3) is 0 Å². The lowest BCUT2D eigenvalue weighted by molar-refractivity contribution is 0.0507. The fourth-order valence-corrected chi connectivity index (χ4v) is 1.34. The van der Waals surface area contributed by atoms with E-state index in [-0.39, 0.29) is 5.97 Å². The van der Waals surface area contributed by atoms with Crippen molar-refractivity contribution in [2.45, 2.75) is 6.42 Å². The highest BCUT2D eigenvalue weighted by molar-refractivity contribution is 14.1. The average Bonchev–Trinajstić information content (AvgIpc) is 2.29. The van der Waals surface area contributed by atoms with E-state index in [0.717, 1.165) is 16.6 Å². The molecule has 1 rings (SSSR count). The molecule has 15 heavy (non-hydrogen) atoms. The van der Waals surface area contributed by atoms with Gasteiger partial charge < -0.3 is 9.47 Å². The van der Waals surface area contributed by atoms with Gasteiger partial charge in [-0.1, -0.05) is 22.6 Å². The molecule has 0 amide bonds. The molecule has 0 atom stereocenters. The number of carbonyl (C=O) groups excluding carboxylic acids is 1. The first-order chi connectivity index (χ1) is 7.27. The number of halogens is 1. The van der Waals surface area contributed by atoms with Crippen molar-refractivity contribution < 1.29 is 14.3 Å². The molecule has 4 heteroatoms. The van der Waals surface area contributed by atoms with Gasteiger partial charge in [0, 0.05) is 4.43 Å². The van der Waals surface area contributed by atoms with Crippen molar-refractivity contribution in [2.24, 2.45) is 0 Å². The lowest BCUT2D eigenvalue weighted by atomic mass is 10.2. The number of rotatable bonds is 5. The predicted molar refractivity (Wildman–Crippen MR) is 66.8 cm³/mol. The first-order valence-electron chi connectivity index (χ1n) is 4.65. The highest BCUT2D eigenvalue weighted by atomic mass is 127. The summed E-state index contributed by atoms with van der Waals surface area (Å²) in [5.74, 6) is 0.460. The summed E-state index contributed by atoms with van der Waals surface area (Å²) >= 11 is 2.25. The summed E-state index contributed by atoms with van der Waals surface area (Å²) in [5.41, 5.74) is 0.559. The van der Waals surface area contributed by atoms with E-state index < -0.39 is 0 Å². The number of hydrogen-bond donors (Lipinski definition) is 0. The van der Waals surface area contributed by atoms with Crippen LogP contribution < -0.4 is 4.74 Å². The van der Waals surface area contributed by atoms with Gasteiger partial charge in [0.1, 0.15) is 5.75 Å². The molecule has 0 heterocycles. The van der Waals surface area contributed by atoms with Crippen LogP contribution >= 0.6 is 22.6 Å². The fourth-order valence-electron chi connectivity index (χ4n) is 1.03. The van der Waals surface area contributed by atoms with Crippen LogP contribution in [-0.2, 0) is 4.74 Å². The zero-order chi connectivity index (χ0) is 11.1. The van der Waals surface area contributed by atoms with Crippen LogP contribution in [0.3, 0.4) is 0 Å². The highest BCUT2D eigenvalue weighted by Gasteiger charge is 2.06. The van der Waals surface area contributed by atoms with Crippen molar-refractivity contribution in [3.05, 3.63) is 29.8 Å². The summed E-state index contributed by atoms with van der Waals surface area (Å²) in [5, 5.41) is 0. The minimum atomic E-state index is -0.275. The Morgan fingerprint density at radius 3 is 2.53 bits per heavy atom. The molecule has 0 bridgehead atoms. The maximum atomic E-state index is 11.5. The number of carbonyl (C=O) groups is 1. The molecule has 0 aliphatic carbocycles. The van der Waals surface area contributed by atoms with Gasteiger partial charge in [-0.2, -0.15) is 0 Å². The predicted octanol–water partition coefficient (Wildman–Crippen LogP) is 2.68. The number of ether oxygens (including phenoxy) is 2. The Hall–Kier alpha value is -0.780. The van der Waals surface area contributed by atoms with Crippen LogP contribution in [0.2, 0.25) is 0 Å². The molecule has 0 radical (unpaired) electrons. The zero-order valence-electron chi connectivity index (χ0n) is 8.53. The molecule has 0 aromatic heterocycles. The Morgan fingerprint density at radius 2 is 2.00 bits per heavy atom. The van der Waals surface area contributed by atoms with Gasteiger partial charge in [0.05, 0.1) is 19.3 Å². The Bertz CT molecular complexity index is 308. The largest absolute Gasteiger partial charge is 0.497 e. The van der Waals surface area contributed by atoms with Gasteiger partial charge in [-0.15, -0.1) is 0 Å². The molecule has 0 unspecified atom stereocenters. The molecule has 0 fully saturated rings. The van der Waals surface area contributed by atoms with Gasteiger partial charge >= 0.3 is 5.97 Å². The maximum absolute atomic E-state index is 11.5. The Labute approximate surface area is 103 Å². The van der Waals surface area contributed by atoms with Crippen molar-refractivity contribution in [3.63, 3.8) is 0 Å². The lowest BCUT2D eigenvalue weighted by Gasteiger charge is -2.04. The Balaban J connectivity index is 2.50. The van der Waals surface area contributed by atoms with E-state index in [2.05, 4.69) is 22.6 Å². The molecule has 0 spiro atoms. The molecule has 0 aliphatic heterocycles. The maximum Gasteiger partial charge on any atom is 0.338 e. The van der Waals surface area contributed by atoms with Crippen molar-refractivity contribution in [1.29, 1.82) is 0 Å². The van der Waals surface area contributed by atoms with Crippen LogP contribution in [0.1, 0.15) is 16.8 Å². The second kappa shape index (κ2) is 6.66. The lowest BCUT2D eigenvalue weighted by Crippen LogP contribution is -2.06. The number of hydrogen-bond acceptors (Lipinski definition) is 3. The van der Waals surface area contributed by atoms with E-state index in [1.807, 2.05) is 0 Å². The minimum Gasteiger partial charge on any atom is -0.497 e. The summed E-state index contributed by atoms with van der Waals surface area (Å²) in [6, 6.07) is 6.89. The van der Waals surface area contributed by atoms with Crippen molar-refractivity contribution >= 4 is 28.6 Å². The summed E-state index contributed by atoms with van der Waals surface area (Å²) in [6.07, 6.45) is 0.891. The summed E-state index contributed by atoms with van der Waals surface area (Å²) in [4.78, 5) is 11.5. The molecule has 82 valence electrons. The first kappa shape index (κ1) is 12.3. The molecule has 1 aromatic rings. The molecule has 1 aromatic carbocycles. The Morgan fingerprint density at radius 1 is 1.33 bits per heavy atom. The minimum absolute atomic E-state index is 0.275. The molecule has 3 nitrogen and oxygen atoms in total. The van der Waals surface area contributed by atoms with Crippen molar-refractivity contribution in [1.82, 2.24) is 0 Å². The second-order valence-corrected chi connectivity index (χ2v) is 3.99. The highest BCUT2D eigenvalue weighted by Crippen LogP contribution is 2.12. The summed E-state index contributed by atoms with van der Waals surface area (Å²) < 4.78 is 11.0. The van der Waals surface area contributed by atoms with Gasteiger partial charge in [0.25, 0.3) is 0 Å². The number of esters is 1. The number of alkyl halides is 1. The van der Waals surface area contributed by atoms with Gasteiger partial charge in [0.2, 0.25) is 0 Å². The van der Waals surface area contributed by atoms with Crippen LogP contribution in [0.4, 0.5) is 0 Å². The molecule has 0 saturated heterocycles. The number of benzene rings is 1. The third kappa shape index (κ3) is 4.07. The van der Waals surface area contributed by atoms with E-state index in [1.54, 1.807) is 31.4 Å². The van der Waals surface area contributed by atoms with Gasteiger partial charge in [0.15, 0.2) is 0 Å². The van der Waals surface area contributed by atoms with E-state index >= 15 is 0 Å². The first-order valence-corrected chi connectivity index (χ1v) is 6.17. The SMILES string of the molecule is COc1ccc(C(=O)OCCCI)cc1. The van der Waals surface area contributed by atoms with Crippen LogP contribution in [0.15, 0.2) is 24.3 Å². The van der Waals surface area contributed by atoms with Crippen LogP contribution in [0, 0.1) is 0 Å². The van der Waals surface area contributed by atoms with Crippen LogP contribution in [0.5, 0.6) is 5.75 Å². The van der Waals surface area contributed by atoms with E-state index in [4.69, 9.17) is 9.47 Å². The fraction of sp³-hybridized carbons (Fsp3) is 0.364. The van der Waals surface area contributed by atoms with Gasteiger partial charge in [-0.05, 0) is 30.7 Å². The van der Waals surface area contributed by atoms with Crippen molar-refractivity contribution in [2.75, 3.05) is 18.1 Å². The third-order valence-corrected chi connectivity index (χ3v) is 2.60. The number of methoxy groups -OCH3 is 1. The molecule has 0 N–H and O–H groups in total. The standard InChI is InChI=1S/C11H13IO3/c1-14-10-5-3-9(4-6-10)11(13)15-8-2-7-12/h3-6H,2,7-8H2,1H3. The quantitative estimate of drug-likeness (QED) is 0.362. The normalized spacial score (nSPS) is 9.73.